The van der Waals surface area contributed by atoms with Gasteiger partial charge in [0.05, 0.1) is 19.4 Å². The van der Waals surface area contributed by atoms with Crippen molar-refractivity contribution >= 4 is 11.8 Å². The summed E-state index contributed by atoms with van der Waals surface area (Å²) in [5.41, 5.74) is 0.830. The van der Waals surface area contributed by atoms with Crippen LogP contribution in [0.15, 0.2) is 24.3 Å². The third kappa shape index (κ3) is 2.30. The molecule has 1 aliphatic rings. The number of ether oxygens (including phenoxy) is 2. The molecule has 1 aliphatic heterocycles. The molecule has 2 rings (SSSR count). The monoisotopic (exact) mass is 234 g/mol. The van der Waals surface area contributed by atoms with Crippen molar-refractivity contribution in [1.29, 1.82) is 0 Å². The van der Waals surface area contributed by atoms with Crippen molar-refractivity contribution in [3.63, 3.8) is 0 Å². The molecule has 0 spiro atoms. The summed E-state index contributed by atoms with van der Waals surface area (Å²) in [6.07, 6.45) is -0.280. The van der Waals surface area contributed by atoms with E-state index in [2.05, 4.69) is 0 Å². The van der Waals surface area contributed by atoms with Crippen LogP contribution in [0.3, 0.4) is 0 Å². The van der Waals surface area contributed by atoms with Gasteiger partial charge in [-0.1, -0.05) is 12.1 Å². The number of Topliss-reactive ketones (excluding diaryl/α,β-unsaturated/α-hetero) is 1. The highest BCUT2D eigenvalue weighted by Gasteiger charge is 2.38. The van der Waals surface area contributed by atoms with Crippen LogP contribution in [0.1, 0.15) is 25.0 Å². The van der Waals surface area contributed by atoms with Crippen molar-refractivity contribution in [2.24, 2.45) is 5.92 Å². The molecule has 4 nitrogen and oxygen atoms in total. The van der Waals surface area contributed by atoms with Crippen LogP contribution in [0.25, 0.3) is 0 Å². The van der Waals surface area contributed by atoms with E-state index in [-0.39, 0.29) is 24.1 Å². The SMILES string of the molecule is COc1ccc(C2OC(=O)CC2C(C)=O)cc1. The molecule has 0 amide bonds. The predicted molar refractivity (Wildman–Crippen MR) is 60.6 cm³/mol. The number of rotatable bonds is 3. The van der Waals surface area contributed by atoms with Gasteiger partial charge >= 0.3 is 5.97 Å². The maximum Gasteiger partial charge on any atom is 0.307 e. The standard InChI is InChI=1S/C13H14O4/c1-8(14)11-7-12(15)17-13(11)9-3-5-10(16-2)6-4-9/h3-6,11,13H,7H2,1-2H3. The lowest BCUT2D eigenvalue weighted by Crippen LogP contribution is -2.15. The molecule has 2 unspecified atom stereocenters. The van der Waals surface area contributed by atoms with Gasteiger partial charge < -0.3 is 9.47 Å². The summed E-state index contributed by atoms with van der Waals surface area (Å²) in [5, 5.41) is 0. The normalized spacial score (nSPS) is 23.3. The van der Waals surface area contributed by atoms with Crippen LogP contribution in [-0.4, -0.2) is 18.9 Å². The van der Waals surface area contributed by atoms with Gasteiger partial charge in [-0.3, -0.25) is 9.59 Å². The first-order valence-electron chi connectivity index (χ1n) is 5.45. The molecule has 90 valence electrons. The maximum absolute atomic E-state index is 11.4. The van der Waals surface area contributed by atoms with Crippen LogP contribution in [0.2, 0.25) is 0 Å². The molecule has 1 saturated heterocycles. The first kappa shape index (κ1) is 11.6. The predicted octanol–water partition coefficient (Wildman–Crippen LogP) is 1.89. The van der Waals surface area contributed by atoms with Gasteiger partial charge in [-0.25, -0.2) is 0 Å². The molecule has 1 aromatic carbocycles. The van der Waals surface area contributed by atoms with Gasteiger partial charge in [0.15, 0.2) is 0 Å². The third-order valence-corrected chi connectivity index (χ3v) is 2.98. The van der Waals surface area contributed by atoms with Gasteiger partial charge in [-0.15, -0.1) is 0 Å². The number of carbonyl (C=O) groups excluding carboxylic acids is 2. The quantitative estimate of drug-likeness (QED) is 0.749. The van der Waals surface area contributed by atoms with Crippen LogP contribution < -0.4 is 4.74 Å². The van der Waals surface area contributed by atoms with Gasteiger partial charge in [-0.05, 0) is 24.6 Å². The average molecular weight is 234 g/mol. The van der Waals surface area contributed by atoms with E-state index in [0.717, 1.165) is 11.3 Å². The van der Waals surface area contributed by atoms with Gasteiger partial charge in [0.1, 0.15) is 17.6 Å². The molecule has 0 radical (unpaired) electrons. The number of ketones is 1. The smallest absolute Gasteiger partial charge is 0.307 e. The number of carbonyl (C=O) groups is 2. The Morgan fingerprint density at radius 3 is 2.53 bits per heavy atom. The Balaban J connectivity index is 2.25. The lowest BCUT2D eigenvalue weighted by molar-refractivity contribution is -0.141. The molecular formula is C13H14O4. The number of esters is 1. The second kappa shape index (κ2) is 4.57. The summed E-state index contributed by atoms with van der Waals surface area (Å²) in [6.45, 7) is 1.49. The minimum atomic E-state index is -0.453. The highest BCUT2D eigenvalue weighted by molar-refractivity contribution is 5.86. The third-order valence-electron chi connectivity index (χ3n) is 2.98. The lowest BCUT2D eigenvalue weighted by Gasteiger charge is -2.15. The minimum absolute atomic E-state index is 0.0170. The maximum atomic E-state index is 11.4. The molecule has 0 saturated carbocycles. The number of benzene rings is 1. The van der Waals surface area contributed by atoms with Gasteiger partial charge in [-0.2, -0.15) is 0 Å². The second-order valence-corrected chi connectivity index (χ2v) is 4.10. The molecule has 4 heteroatoms. The Bertz CT molecular complexity index is 435. The Morgan fingerprint density at radius 2 is 2.00 bits per heavy atom. The van der Waals surface area contributed by atoms with Crippen molar-refractivity contribution in [2.75, 3.05) is 7.11 Å². The van der Waals surface area contributed by atoms with Crippen LogP contribution in [-0.2, 0) is 14.3 Å². The Labute approximate surface area is 99.5 Å². The molecule has 0 N–H and O–H groups in total. The lowest BCUT2D eigenvalue weighted by atomic mass is 9.92. The Morgan fingerprint density at radius 1 is 1.35 bits per heavy atom. The zero-order valence-corrected chi connectivity index (χ0v) is 9.80. The Hall–Kier alpha value is -1.84. The molecule has 1 heterocycles. The van der Waals surface area contributed by atoms with Gasteiger partial charge in [0.2, 0.25) is 0 Å². The van der Waals surface area contributed by atoms with E-state index in [1.807, 2.05) is 12.1 Å². The van der Waals surface area contributed by atoms with Gasteiger partial charge in [0, 0.05) is 0 Å². The van der Waals surface area contributed by atoms with Crippen molar-refractivity contribution in [2.45, 2.75) is 19.4 Å². The zero-order valence-electron chi connectivity index (χ0n) is 9.80. The summed E-state index contributed by atoms with van der Waals surface area (Å²) < 4.78 is 10.2. The summed E-state index contributed by atoms with van der Waals surface area (Å²) in [6, 6.07) is 7.22. The first-order chi connectivity index (χ1) is 8.11. The van der Waals surface area contributed by atoms with Crippen molar-refractivity contribution in [1.82, 2.24) is 0 Å². The van der Waals surface area contributed by atoms with Crippen molar-refractivity contribution < 1.29 is 19.1 Å². The molecule has 2 atom stereocenters. The molecule has 0 bridgehead atoms. The second-order valence-electron chi connectivity index (χ2n) is 4.10. The first-order valence-corrected chi connectivity index (χ1v) is 5.45. The zero-order chi connectivity index (χ0) is 12.4. The number of cyclic esters (lactones) is 1. The fourth-order valence-electron chi connectivity index (χ4n) is 2.01. The average Bonchev–Trinajstić information content (AvgIpc) is 2.72. The van der Waals surface area contributed by atoms with E-state index < -0.39 is 6.10 Å². The highest BCUT2D eigenvalue weighted by atomic mass is 16.6. The summed E-state index contributed by atoms with van der Waals surface area (Å²) in [5.74, 6) is 0.0380. The van der Waals surface area contributed by atoms with E-state index in [4.69, 9.17) is 9.47 Å². The Kier molecular flexibility index (Phi) is 3.13. The molecule has 1 fully saturated rings. The number of methoxy groups -OCH3 is 1. The topological polar surface area (TPSA) is 52.6 Å². The largest absolute Gasteiger partial charge is 0.497 e. The van der Waals surface area contributed by atoms with E-state index in [1.165, 1.54) is 6.92 Å². The minimum Gasteiger partial charge on any atom is -0.497 e. The molecule has 1 aromatic rings. The van der Waals surface area contributed by atoms with E-state index >= 15 is 0 Å². The molecular weight excluding hydrogens is 220 g/mol. The molecule has 0 aliphatic carbocycles. The summed E-state index contributed by atoms with van der Waals surface area (Å²) >= 11 is 0. The van der Waals surface area contributed by atoms with Crippen molar-refractivity contribution in [3.8, 4) is 5.75 Å². The number of hydrogen-bond donors (Lipinski definition) is 0. The van der Waals surface area contributed by atoms with E-state index in [0.29, 0.717) is 0 Å². The summed E-state index contributed by atoms with van der Waals surface area (Å²) in [7, 11) is 1.59. The molecule has 0 aromatic heterocycles. The van der Waals surface area contributed by atoms with Crippen LogP contribution in [0.4, 0.5) is 0 Å². The molecule has 17 heavy (non-hydrogen) atoms. The van der Waals surface area contributed by atoms with E-state index in [1.54, 1.807) is 19.2 Å². The van der Waals surface area contributed by atoms with E-state index in [9.17, 15) is 9.59 Å². The van der Waals surface area contributed by atoms with Crippen LogP contribution >= 0.6 is 0 Å². The van der Waals surface area contributed by atoms with Crippen LogP contribution in [0, 0.1) is 5.92 Å². The highest BCUT2D eigenvalue weighted by Crippen LogP contribution is 2.36. The van der Waals surface area contributed by atoms with Crippen LogP contribution in [0.5, 0.6) is 5.75 Å². The van der Waals surface area contributed by atoms with Crippen molar-refractivity contribution in [3.05, 3.63) is 29.8 Å². The fourth-order valence-corrected chi connectivity index (χ4v) is 2.01. The number of hydrogen-bond acceptors (Lipinski definition) is 4. The summed E-state index contributed by atoms with van der Waals surface area (Å²) in [4.78, 5) is 22.7. The fraction of sp³-hybridized carbons (Fsp3) is 0.385. The van der Waals surface area contributed by atoms with Gasteiger partial charge in [0.25, 0.3) is 0 Å².